The molecule has 0 spiro atoms. The highest BCUT2D eigenvalue weighted by Crippen LogP contribution is 1.94. The Morgan fingerprint density at radius 1 is 0.923 bits per heavy atom. The van der Waals surface area contributed by atoms with Gasteiger partial charge in [-0.25, -0.2) is 9.59 Å². The van der Waals surface area contributed by atoms with Crippen molar-refractivity contribution in [2.45, 2.75) is 27.7 Å². The lowest BCUT2D eigenvalue weighted by atomic mass is 10.2. The van der Waals surface area contributed by atoms with Gasteiger partial charge in [0.25, 0.3) is 0 Å². The molecule has 0 aromatic rings. The summed E-state index contributed by atoms with van der Waals surface area (Å²) in [6.07, 6.45) is 0. The number of esters is 2. The second-order valence-corrected chi connectivity index (χ2v) is 7.29. The van der Waals surface area contributed by atoms with Crippen molar-refractivity contribution in [1.29, 1.82) is 0 Å². The van der Waals surface area contributed by atoms with Crippen molar-refractivity contribution in [3.63, 3.8) is 0 Å². The van der Waals surface area contributed by atoms with Crippen molar-refractivity contribution in [3.8, 4) is 0 Å². The Labute approximate surface area is 157 Å². The average Bonchev–Trinajstić information content (AvgIpc) is 2.49. The molecule has 0 aromatic heterocycles. The summed E-state index contributed by atoms with van der Waals surface area (Å²) in [5.74, 6) is -0.824. The quantitative estimate of drug-likeness (QED) is 0.289. The summed E-state index contributed by atoms with van der Waals surface area (Å²) in [6.45, 7) is 15.6. The van der Waals surface area contributed by atoms with E-state index in [1.54, 1.807) is 27.7 Å². The summed E-state index contributed by atoms with van der Waals surface area (Å²) in [5.41, 5.74) is 0.816. The van der Waals surface area contributed by atoms with Gasteiger partial charge in [-0.3, -0.25) is 4.79 Å². The van der Waals surface area contributed by atoms with Crippen LogP contribution in [0.3, 0.4) is 0 Å². The molecular weight excluding hydrogens is 336 g/mol. The van der Waals surface area contributed by atoms with E-state index in [-0.39, 0.29) is 24.4 Å². The van der Waals surface area contributed by atoms with Gasteiger partial charge in [-0.05, 0) is 13.8 Å². The fourth-order valence-electron chi connectivity index (χ4n) is 1.18. The molecule has 1 amide bonds. The molecule has 1 N–H and O–H groups in total. The van der Waals surface area contributed by atoms with E-state index in [2.05, 4.69) is 39.6 Å². The minimum atomic E-state index is -0.427. The maximum atomic E-state index is 11.1. The summed E-state index contributed by atoms with van der Waals surface area (Å²) in [5, 5.41) is 2.63. The van der Waals surface area contributed by atoms with Gasteiger partial charge in [0.05, 0.1) is 27.7 Å². The van der Waals surface area contributed by atoms with Gasteiger partial charge in [-0.15, -0.1) is 0 Å². The van der Waals surface area contributed by atoms with Crippen LogP contribution >= 0.6 is 0 Å². The highest BCUT2D eigenvalue weighted by molar-refractivity contribution is 5.87. The minimum absolute atomic E-state index is 0.0450. The van der Waals surface area contributed by atoms with Crippen molar-refractivity contribution >= 4 is 17.8 Å². The number of ether oxygens (including phenoxy) is 2. The van der Waals surface area contributed by atoms with Crippen LogP contribution in [0.25, 0.3) is 0 Å². The Kier molecular flexibility index (Phi) is 13.1. The van der Waals surface area contributed by atoms with E-state index in [0.29, 0.717) is 24.3 Å². The van der Waals surface area contributed by atoms with Crippen LogP contribution in [0.2, 0.25) is 0 Å². The molecule has 150 valence electrons. The van der Waals surface area contributed by atoms with Crippen LogP contribution in [0, 0.1) is 5.92 Å². The van der Waals surface area contributed by atoms with Gasteiger partial charge in [0.2, 0.25) is 5.91 Å². The number of carbonyl (C=O) groups excluding carboxylic acids is 3. The van der Waals surface area contributed by atoms with E-state index in [9.17, 15) is 14.4 Å². The first-order chi connectivity index (χ1) is 11.8. The first-order valence-corrected chi connectivity index (χ1v) is 8.51. The van der Waals surface area contributed by atoms with Crippen molar-refractivity contribution in [2.75, 3.05) is 47.4 Å². The lowest BCUT2D eigenvalue weighted by Gasteiger charge is -2.23. The number of amides is 1. The van der Waals surface area contributed by atoms with E-state index in [0.717, 1.165) is 11.0 Å². The topological polar surface area (TPSA) is 81.7 Å². The molecule has 0 fully saturated rings. The number of rotatable bonds is 9. The molecule has 7 heteroatoms. The van der Waals surface area contributed by atoms with Crippen LogP contribution in [-0.2, 0) is 23.9 Å². The van der Waals surface area contributed by atoms with Gasteiger partial charge in [-0.2, -0.15) is 0 Å². The zero-order valence-corrected chi connectivity index (χ0v) is 17.3. The third-order valence-corrected chi connectivity index (χ3v) is 2.85. The van der Waals surface area contributed by atoms with Crippen LogP contribution in [0.5, 0.6) is 0 Å². The largest absolute Gasteiger partial charge is 0.460 e. The smallest absolute Gasteiger partial charge is 0.333 e. The van der Waals surface area contributed by atoms with E-state index in [1.807, 2.05) is 0 Å². The molecule has 0 rings (SSSR count). The Morgan fingerprint density at radius 3 is 1.69 bits per heavy atom. The Balaban J connectivity index is 0. The first-order valence-electron chi connectivity index (χ1n) is 8.51. The third-order valence-electron chi connectivity index (χ3n) is 2.85. The summed E-state index contributed by atoms with van der Waals surface area (Å²) >= 11 is 0. The van der Waals surface area contributed by atoms with Gasteiger partial charge in [0.15, 0.2) is 0 Å². The second-order valence-electron chi connectivity index (χ2n) is 7.29. The van der Waals surface area contributed by atoms with Gasteiger partial charge in [-0.1, -0.05) is 27.0 Å². The third kappa shape index (κ3) is 16.7. The molecule has 0 aliphatic carbocycles. The van der Waals surface area contributed by atoms with Gasteiger partial charge < -0.3 is 19.3 Å². The minimum Gasteiger partial charge on any atom is -0.460 e. The summed E-state index contributed by atoms with van der Waals surface area (Å²) in [7, 11) is 6.15. The predicted octanol–water partition coefficient (Wildman–Crippen LogP) is 1.69. The molecule has 7 nitrogen and oxygen atoms in total. The average molecular weight is 371 g/mol. The maximum Gasteiger partial charge on any atom is 0.333 e. The Bertz CT molecular complexity index is 505. The molecule has 0 atom stereocenters. The molecule has 0 saturated heterocycles. The van der Waals surface area contributed by atoms with E-state index in [1.165, 1.54) is 0 Å². The second kappa shape index (κ2) is 13.1. The lowest BCUT2D eigenvalue weighted by molar-refractivity contribution is -0.870. The molecule has 0 unspecified atom stereocenters. The summed E-state index contributed by atoms with van der Waals surface area (Å²) < 4.78 is 10.5. The molecule has 0 aromatic carbocycles. The maximum absolute atomic E-state index is 11.1. The number of hydrogen-bond donors (Lipinski definition) is 1. The number of likely N-dealkylation sites (N-methyl/N-ethyl adjacent to an activating group) is 1. The highest BCUT2D eigenvalue weighted by Gasteiger charge is 2.09. The number of nitrogens with zero attached hydrogens (tertiary/aromatic N) is 1. The van der Waals surface area contributed by atoms with Crippen molar-refractivity contribution in [2.24, 2.45) is 5.92 Å². The SMILES string of the molecule is C=C(C)C(=O)OCCNC(=O)C(C)C.C=C(C)C(=O)OCC[N+](C)(C)C. The zero-order valence-electron chi connectivity index (χ0n) is 17.3. The standard InChI is InChI=1S/C10H17NO3.C9H18NO2/c1-7(2)9(12)11-5-6-14-10(13)8(3)4;1-8(2)9(11)12-7-6-10(3,4)5/h7H,3,5-6H2,1-2,4H3,(H,11,12);1,6-7H2,2-5H3/q;+1. The Morgan fingerprint density at radius 2 is 1.35 bits per heavy atom. The molecule has 0 saturated carbocycles. The van der Waals surface area contributed by atoms with Crippen molar-refractivity contribution < 1.29 is 28.3 Å². The fraction of sp³-hybridized carbons (Fsp3) is 0.632. The summed E-state index contributed by atoms with van der Waals surface area (Å²) in [6, 6.07) is 0. The fourth-order valence-corrected chi connectivity index (χ4v) is 1.18. The number of quaternary nitrogens is 1. The zero-order chi connectivity index (χ0) is 20.9. The van der Waals surface area contributed by atoms with Crippen LogP contribution in [0.1, 0.15) is 27.7 Å². The molecule has 0 aliphatic rings. The number of hydrogen-bond acceptors (Lipinski definition) is 5. The summed E-state index contributed by atoms with van der Waals surface area (Å²) in [4.78, 5) is 32.8. The normalized spacial score (nSPS) is 10.3. The molecule has 0 heterocycles. The predicted molar refractivity (Wildman–Crippen MR) is 102 cm³/mol. The van der Waals surface area contributed by atoms with Crippen LogP contribution in [0.15, 0.2) is 24.3 Å². The molecule has 0 radical (unpaired) electrons. The van der Waals surface area contributed by atoms with Crippen LogP contribution < -0.4 is 5.32 Å². The van der Waals surface area contributed by atoms with Crippen molar-refractivity contribution in [1.82, 2.24) is 5.32 Å². The van der Waals surface area contributed by atoms with Crippen LogP contribution in [-0.4, -0.2) is 69.8 Å². The van der Waals surface area contributed by atoms with E-state index < -0.39 is 5.97 Å². The Hall–Kier alpha value is -2.15. The number of nitrogens with one attached hydrogen (secondary N) is 1. The monoisotopic (exact) mass is 371 g/mol. The molecule has 0 bridgehead atoms. The molecule has 0 aliphatic heterocycles. The highest BCUT2D eigenvalue weighted by atomic mass is 16.5. The lowest BCUT2D eigenvalue weighted by Crippen LogP contribution is -2.38. The number of carbonyl (C=O) groups is 3. The van der Waals surface area contributed by atoms with Crippen LogP contribution in [0.4, 0.5) is 0 Å². The first kappa shape index (κ1) is 26.1. The molecule has 26 heavy (non-hydrogen) atoms. The molecular formula is C19H35N2O5+. The van der Waals surface area contributed by atoms with Gasteiger partial charge >= 0.3 is 11.9 Å². The van der Waals surface area contributed by atoms with E-state index in [4.69, 9.17) is 9.47 Å². The van der Waals surface area contributed by atoms with E-state index >= 15 is 0 Å². The van der Waals surface area contributed by atoms with Crippen molar-refractivity contribution in [3.05, 3.63) is 24.3 Å². The van der Waals surface area contributed by atoms with Gasteiger partial charge in [0.1, 0.15) is 19.8 Å². The van der Waals surface area contributed by atoms with Gasteiger partial charge in [0, 0.05) is 17.1 Å².